The van der Waals surface area contributed by atoms with Crippen molar-refractivity contribution < 1.29 is 9.59 Å². The van der Waals surface area contributed by atoms with Crippen molar-refractivity contribution in [2.45, 2.75) is 18.8 Å². The standard InChI is InChI=1S/C26H19Cl2NO3/c27-21-10-4-2-8-18(21)24(30)14-17(15-25(31)19-9-3-5-11-22(19)28)20-13-16-7-1-6-12-23(16)29-26(20)32/h1-13,17H,14-15H2,(H,29,32). The van der Waals surface area contributed by atoms with Crippen molar-refractivity contribution in [2.24, 2.45) is 0 Å². The highest BCUT2D eigenvalue weighted by Crippen LogP contribution is 2.29. The number of aromatic amines is 1. The van der Waals surface area contributed by atoms with Gasteiger partial charge in [-0.05, 0) is 41.8 Å². The third kappa shape index (κ3) is 4.67. The Morgan fingerprint density at radius 1 is 0.750 bits per heavy atom. The number of nitrogens with one attached hydrogen (secondary N) is 1. The summed E-state index contributed by atoms with van der Waals surface area (Å²) in [5.74, 6) is -1.11. The molecule has 32 heavy (non-hydrogen) atoms. The van der Waals surface area contributed by atoms with E-state index in [1.54, 1.807) is 60.7 Å². The van der Waals surface area contributed by atoms with Gasteiger partial charge in [-0.1, -0.05) is 65.7 Å². The number of benzene rings is 3. The third-order valence-electron chi connectivity index (χ3n) is 5.43. The summed E-state index contributed by atoms with van der Waals surface area (Å²) in [6, 6.07) is 22.6. The largest absolute Gasteiger partial charge is 0.322 e. The van der Waals surface area contributed by atoms with Crippen LogP contribution in [0.25, 0.3) is 10.9 Å². The van der Waals surface area contributed by atoms with Crippen LogP contribution in [0.15, 0.2) is 83.7 Å². The second-order valence-corrected chi connectivity index (χ2v) is 8.37. The first-order valence-electron chi connectivity index (χ1n) is 10.1. The van der Waals surface area contributed by atoms with Crippen LogP contribution < -0.4 is 5.56 Å². The number of pyridine rings is 1. The Morgan fingerprint density at radius 2 is 1.25 bits per heavy atom. The van der Waals surface area contributed by atoms with Gasteiger partial charge >= 0.3 is 0 Å². The van der Waals surface area contributed by atoms with Gasteiger partial charge in [0.2, 0.25) is 0 Å². The van der Waals surface area contributed by atoms with Gasteiger partial charge in [-0.2, -0.15) is 0 Å². The molecule has 0 aliphatic rings. The van der Waals surface area contributed by atoms with Crippen molar-refractivity contribution in [1.29, 1.82) is 0 Å². The number of carbonyl (C=O) groups is 2. The summed E-state index contributed by atoms with van der Waals surface area (Å²) < 4.78 is 0. The molecule has 160 valence electrons. The summed E-state index contributed by atoms with van der Waals surface area (Å²) >= 11 is 12.4. The highest BCUT2D eigenvalue weighted by atomic mass is 35.5. The van der Waals surface area contributed by atoms with Gasteiger partial charge in [-0.3, -0.25) is 14.4 Å². The van der Waals surface area contributed by atoms with Crippen LogP contribution in [0.5, 0.6) is 0 Å². The molecule has 1 heterocycles. The summed E-state index contributed by atoms with van der Waals surface area (Å²) in [5, 5.41) is 1.49. The van der Waals surface area contributed by atoms with Crippen molar-refractivity contribution in [1.82, 2.24) is 4.98 Å². The molecule has 0 spiro atoms. The zero-order valence-electron chi connectivity index (χ0n) is 17.0. The van der Waals surface area contributed by atoms with Crippen LogP contribution in [0.4, 0.5) is 0 Å². The van der Waals surface area contributed by atoms with Gasteiger partial charge in [0.15, 0.2) is 11.6 Å². The smallest absolute Gasteiger partial charge is 0.251 e. The van der Waals surface area contributed by atoms with Crippen LogP contribution >= 0.6 is 23.2 Å². The quantitative estimate of drug-likeness (QED) is 0.319. The number of hydrogen-bond donors (Lipinski definition) is 1. The molecule has 0 amide bonds. The molecule has 0 aliphatic carbocycles. The van der Waals surface area contributed by atoms with Crippen LogP contribution in [0.1, 0.15) is 45.0 Å². The molecule has 0 fully saturated rings. The highest BCUT2D eigenvalue weighted by molar-refractivity contribution is 6.34. The SMILES string of the molecule is O=C(CC(CC(=O)c1ccccc1Cl)c1cc2ccccc2[nH]c1=O)c1ccccc1Cl. The lowest BCUT2D eigenvalue weighted by atomic mass is 9.86. The molecule has 0 radical (unpaired) electrons. The number of rotatable bonds is 7. The van der Waals surface area contributed by atoms with E-state index in [-0.39, 0.29) is 30.0 Å². The van der Waals surface area contributed by atoms with E-state index in [0.29, 0.717) is 32.3 Å². The molecule has 0 atom stereocenters. The molecule has 0 saturated carbocycles. The van der Waals surface area contributed by atoms with Gasteiger partial charge in [0.25, 0.3) is 5.56 Å². The molecule has 0 aliphatic heterocycles. The third-order valence-corrected chi connectivity index (χ3v) is 6.09. The number of hydrogen-bond acceptors (Lipinski definition) is 3. The number of Topliss-reactive ketones (excluding diaryl/α,β-unsaturated/α-hetero) is 2. The van der Waals surface area contributed by atoms with Crippen LogP contribution in [0.3, 0.4) is 0 Å². The van der Waals surface area contributed by atoms with Crippen LogP contribution in [-0.2, 0) is 0 Å². The van der Waals surface area contributed by atoms with Crippen molar-refractivity contribution in [2.75, 3.05) is 0 Å². The number of H-pyrrole nitrogens is 1. The first kappa shape index (κ1) is 22.0. The lowest BCUT2D eigenvalue weighted by Gasteiger charge is -2.17. The van der Waals surface area contributed by atoms with E-state index in [1.807, 2.05) is 18.2 Å². The van der Waals surface area contributed by atoms with E-state index in [1.165, 1.54) is 0 Å². The first-order valence-corrected chi connectivity index (χ1v) is 10.9. The number of ketones is 2. The number of aromatic nitrogens is 1. The van der Waals surface area contributed by atoms with Crippen LogP contribution in [0, 0.1) is 0 Å². The Kier molecular flexibility index (Phi) is 6.54. The summed E-state index contributed by atoms with van der Waals surface area (Å²) in [7, 11) is 0. The molecule has 4 nitrogen and oxygen atoms in total. The maximum absolute atomic E-state index is 13.1. The number of carbonyl (C=O) groups excluding carboxylic acids is 2. The van der Waals surface area contributed by atoms with Gasteiger partial charge in [0.1, 0.15) is 0 Å². The predicted molar refractivity (Wildman–Crippen MR) is 128 cm³/mol. The summed E-state index contributed by atoms with van der Waals surface area (Å²) in [5.41, 5.74) is 1.47. The van der Waals surface area contributed by atoms with Crippen molar-refractivity contribution in [3.05, 3.63) is 116 Å². The van der Waals surface area contributed by atoms with E-state index in [0.717, 1.165) is 5.39 Å². The monoisotopic (exact) mass is 463 g/mol. The minimum atomic E-state index is -0.643. The minimum absolute atomic E-state index is 0.0403. The zero-order valence-corrected chi connectivity index (χ0v) is 18.5. The fourth-order valence-electron chi connectivity index (χ4n) is 3.80. The summed E-state index contributed by atoms with van der Waals surface area (Å²) in [6.07, 6.45) is -0.0807. The van der Waals surface area contributed by atoms with Crippen LogP contribution in [-0.4, -0.2) is 16.6 Å². The van der Waals surface area contributed by atoms with Gasteiger partial charge in [-0.15, -0.1) is 0 Å². The van der Waals surface area contributed by atoms with Crippen molar-refractivity contribution >= 4 is 45.7 Å². The van der Waals surface area contributed by atoms with Gasteiger partial charge in [-0.25, -0.2) is 0 Å². The number of halogens is 2. The topological polar surface area (TPSA) is 67.0 Å². The van der Waals surface area contributed by atoms with E-state index in [2.05, 4.69) is 4.98 Å². The molecule has 1 aromatic heterocycles. The first-order chi connectivity index (χ1) is 15.4. The van der Waals surface area contributed by atoms with Gasteiger partial charge in [0.05, 0.1) is 10.0 Å². The Balaban J connectivity index is 1.74. The molecule has 4 rings (SSSR count). The Morgan fingerprint density at radius 3 is 1.81 bits per heavy atom. The lowest BCUT2D eigenvalue weighted by Crippen LogP contribution is -2.21. The molecule has 6 heteroatoms. The average Bonchev–Trinajstić information content (AvgIpc) is 2.78. The fourth-order valence-corrected chi connectivity index (χ4v) is 4.28. The van der Waals surface area contributed by atoms with E-state index >= 15 is 0 Å². The molecular formula is C26H19Cl2NO3. The van der Waals surface area contributed by atoms with Gasteiger partial charge < -0.3 is 4.98 Å². The van der Waals surface area contributed by atoms with Crippen molar-refractivity contribution in [3.63, 3.8) is 0 Å². The van der Waals surface area contributed by atoms with Gasteiger partial charge in [0, 0.05) is 41.0 Å². The van der Waals surface area contributed by atoms with E-state index in [9.17, 15) is 14.4 Å². The fraction of sp³-hybridized carbons (Fsp3) is 0.115. The van der Waals surface area contributed by atoms with Crippen LogP contribution in [0.2, 0.25) is 10.0 Å². The molecule has 3 aromatic carbocycles. The number of fused-ring (bicyclic) bond motifs is 1. The zero-order chi connectivity index (χ0) is 22.7. The summed E-state index contributed by atoms with van der Waals surface area (Å²) in [6.45, 7) is 0. The molecular weight excluding hydrogens is 445 g/mol. The molecule has 0 unspecified atom stereocenters. The Labute approximate surface area is 194 Å². The molecule has 4 aromatic rings. The molecule has 0 bridgehead atoms. The predicted octanol–water partition coefficient (Wildman–Crippen LogP) is 6.46. The normalized spacial score (nSPS) is 11.1. The minimum Gasteiger partial charge on any atom is -0.322 e. The molecule has 0 saturated heterocycles. The second kappa shape index (κ2) is 9.51. The maximum Gasteiger partial charge on any atom is 0.251 e. The Bertz CT molecular complexity index is 1320. The average molecular weight is 464 g/mol. The van der Waals surface area contributed by atoms with E-state index in [4.69, 9.17) is 23.2 Å². The van der Waals surface area contributed by atoms with Crippen molar-refractivity contribution in [3.8, 4) is 0 Å². The lowest BCUT2D eigenvalue weighted by molar-refractivity contribution is 0.0944. The highest BCUT2D eigenvalue weighted by Gasteiger charge is 2.25. The molecule has 1 N–H and O–H groups in total. The van der Waals surface area contributed by atoms with E-state index < -0.39 is 5.92 Å². The number of para-hydroxylation sites is 1. The second-order valence-electron chi connectivity index (χ2n) is 7.55. The summed E-state index contributed by atoms with van der Waals surface area (Å²) in [4.78, 5) is 41.9. The maximum atomic E-state index is 13.1. The Hall–Kier alpha value is -3.21.